The van der Waals surface area contributed by atoms with Crippen LogP contribution in [0.25, 0.3) is 5.82 Å². The van der Waals surface area contributed by atoms with Crippen LogP contribution in [0.2, 0.25) is 0 Å². The first-order chi connectivity index (χ1) is 9.21. The second kappa shape index (κ2) is 4.58. The molecule has 0 saturated heterocycles. The number of nitro groups is 1. The summed E-state index contributed by atoms with van der Waals surface area (Å²) in [6.07, 6.45) is -3.82. The van der Waals surface area contributed by atoms with Crippen LogP contribution in [-0.2, 0) is 6.18 Å². The standard InChI is InChI=1S/C11H9F3N4O2/c1-6-10(18(19)20)7(2)17(16-6)9-4-3-8(5-15-9)11(12,13)14/h3-5H,1-2H3. The molecule has 9 heteroatoms. The minimum atomic E-state index is -4.48. The van der Waals surface area contributed by atoms with Gasteiger partial charge in [-0.3, -0.25) is 10.1 Å². The van der Waals surface area contributed by atoms with E-state index in [1.165, 1.54) is 13.8 Å². The zero-order chi connectivity index (χ0) is 15.1. The van der Waals surface area contributed by atoms with Crippen LogP contribution < -0.4 is 0 Å². The molecule has 0 spiro atoms. The minimum Gasteiger partial charge on any atom is -0.258 e. The Morgan fingerprint density at radius 1 is 1.30 bits per heavy atom. The Hall–Kier alpha value is -2.45. The van der Waals surface area contributed by atoms with Crippen molar-refractivity contribution in [3.05, 3.63) is 45.4 Å². The van der Waals surface area contributed by atoms with Gasteiger partial charge in [-0.05, 0) is 26.0 Å². The number of aromatic nitrogens is 3. The highest BCUT2D eigenvalue weighted by Gasteiger charge is 2.31. The highest BCUT2D eigenvalue weighted by atomic mass is 19.4. The zero-order valence-electron chi connectivity index (χ0n) is 10.5. The van der Waals surface area contributed by atoms with Crippen LogP contribution in [-0.4, -0.2) is 19.7 Å². The van der Waals surface area contributed by atoms with E-state index in [1.54, 1.807) is 0 Å². The van der Waals surface area contributed by atoms with Crippen molar-refractivity contribution in [2.24, 2.45) is 0 Å². The van der Waals surface area contributed by atoms with Gasteiger partial charge in [-0.1, -0.05) is 0 Å². The molecular formula is C11H9F3N4O2. The second-order valence-corrected chi connectivity index (χ2v) is 4.09. The van der Waals surface area contributed by atoms with Gasteiger partial charge >= 0.3 is 11.9 Å². The number of pyridine rings is 1. The molecule has 0 atom stereocenters. The van der Waals surface area contributed by atoms with Crippen molar-refractivity contribution in [1.82, 2.24) is 14.8 Å². The Balaban J connectivity index is 2.48. The summed E-state index contributed by atoms with van der Waals surface area (Å²) in [7, 11) is 0. The lowest BCUT2D eigenvalue weighted by molar-refractivity contribution is -0.386. The number of aryl methyl sites for hydroxylation is 1. The van der Waals surface area contributed by atoms with E-state index in [4.69, 9.17) is 0 Å². The Morgan fingerprint density at radius 3 is 2.35 bits per heavy atom. The number of hydrogen-bond acceptors (Lipinski definition) is 4. The van der Waals surface area contributed by atoms with Gasteiger partial charge in [-0.15, -0.1) is 0 Å². The summed E-state index contributed by atoms with van der Waals surface area (Å²) in [6.45, 7) is 2.91. The van der Waals surface area contributed by atoms with E-state index in [2.05, 4.69) is 10.1 Å². The monoisotopic (exact) mass is 286 g/mol. The van der Waals surface area contributed by atoms with E-state index in [9.17, 15) is 23.3 Å². The molecule has 0 aromatic carbocycles. The fraction of sp³-hybridized carbons (Fsp3) is 0.273. The van der Waals surface area contributed by atoms with Crippen molar-refractivity contribution in [3.8, 4) is 5.82 Å². The lowest BCUT2D eigenvalue weighted by atomic mass is 10.3. The minimum absolute atomic E-state index is 0.0895. The molecule has 0 unspecified atom stereocenters. The van der Waals surface area contributed by atoms with E-state index in [-0.39, 0.29) is 22.9 Å². The van der Waals surface area contributed by atoms with Crippen molar-refractivity contribution in [1.29, 1.82) is 0 Å². The van der Waals surface area contributed by atoms with E-state index in [1.807, 2.05) is 0 Å². The molecular weight excluding hydrogens is 277 g/mol. The SMILES string of the molecule is Cc1nn(-c2ccc(C(F)(F)F)cn2)c(C)c1[N+](=O)[O-]. The largest absolute Gasteiger partial charge is 0.417 e. The lowest BCUT2D eigenvalue weighted by Crippen LogP contribution is -2.08. The summed E-state index contributed by atoms with van der Waals surface area (Å²) in [5.74, 6) is 0.0895. The van der Waals surface area contributed by atoms with E-state index in [0.29, 0.717) is 6.20 Å². The molecule has 2 aromatic heterocycles. The molecule has 0 aliphatic carbocycles. The molecule has 2 heterocycles. The topological polar surface area (TPSA) is 73.8 Å². The molecule has 20 heavy (non-hydrogen) atoms. The van der Waals surface area contributed by atoms with Crippen molar-refractivity contribution >= 4 is 5.69 Å². The normalized spacial score (nSPS) is 11.7. The predicted molar refractivity (Wildman–Crippen MR) is 62.5 cm³/mol. The number of hydrogen-bond donors (Lipinski definition) is 0. The van der Waals surface area contributed by atoms with Crippen LogP contribution in [0, 0.1) is 24.0 Å². The molecule has 0 saturated carbocycles. The zero-order valence-corrected chi connectivity index (χ0v) is 10.5. The van der Waals surface area contributed by atoms with Gasteiger partial charge in [-0.2, -0.15) is 18.3 Å². The van der Waals surface area contributed by atoms with Gasteiger partial charge in [0, 0.05) is 6.20 Å². The smallest absolute Gasteiger partial charge is 0.258 e. The molecule has 106 valence electrons. The van der Waals surface area contributed by atoms with Crippen molar-refractivity contribution in [2.75, 3.05) is 0 Å². The van der Waals surface area contributed by atoms with Crippen LogP contribution >= 0.6 is 0 Å². The second-order valence-electron chi connectivity index (χ2n) is 4.09. The third kappa shape index (κ3) is 2.33. The van der Waals surface area contributed by atoms with Gasteiger partial charge in [0.15, 0.2) is 5.82 Å². The van der Waals surface area contributed by atoms with Gasteiger partial charge < -0.3 is 0 Å². The van der Waals surface area contributed by atoms with E-state index >= 15 is 0 Å². The maximum atomic E-state index is 12.4. The van der Waals surface area contributed by atoms with E-state index in [0.717, 1.165) is 16.8 Å². The summed E-state index contributed by atoms with van der Waals surface area (Å²) >= 11 is 0. The Kier molecular flexibility index (Phi) is 3.20. The first-order valence-electron chi connectivity index (χ1n) is 5.46. The average molecular weight is 286 g/mol. The maximum Gasteiger partial charge on any atom is 0.417 e. The van der Waals surface area contributed by atoms with E-state index < -0.39 is 16.7 Å². The van der Waals surface area contributed by atoms with Crippen LogP contribution in [0.3, 0.4) is 0 Å². The molecule has 0 fully saturated rings. The molecule has 2 rings (SSSR count). The Morgan fingerprint density at radius 2 is 1.95 bits per heavy atom. The highest BCUT2D eigenvalue weighted by molar-refractivity contribution is 5.43. The fourth-order valence-electron chi connectivity index (χ4n) is 1.80. The molecule has 0 radical (unpaired) electrons. The molecule has 0 N–H and O–H groups in total. The van der Waals surface area contributed by atoms with Gasteiger partial charge in [0.05, 0.1) is 10.5 Å². The van der Waals surface area contributed by atoms with Crippen molar-refractivity contribution in [3.63, 3.8) is 0 Å². The third-order valence-corrected chi connectivity index (χ3v) is 2.73. The Labute approximate surface area is 111 Å². The quantitative estimate of drug-likeness (QED) is 0.628. The highest BCUT2D eigenvalue weighted by Crippen LogP contribution is 2.29. The summed E-state index contributed by atoms with van der Waals surface area (Å²) in [4.78, 5) is 13.9. The molecule has 0 aliphatic heterocycles. The molecule has 0 amide bonds. The number of halogens is 3. The van der Waals surface area contributed by atoms with Crippen molar-refractivity contribution in [2.45, 2.75) is 20.0 Å². The molecule has 2 aromatic rings. The van der Waals surface area contributed by atoms with Crippen LogP contribution in [0.15, 0.2) is 18.3 Å². The molecule has 0 aliphatic rings. The summed E-state index contributed by atoms with van der Waals surface area (Å²) in [6, 6.07) is 1.97. The van der Waals surface area contributed by atoms with Crippen LogP contribution in [0.1, 0.15) is 17.0 Å². The number of nitrogens with zero attached hydrogens (tertiary/aromatic N) is 4. The summed E-state index contributed by atoms with van der Waals surface area (Å²) in [5.41, 5.74) is -0.682. The van der Waals surface area contributed by atoms with Gasteiger partial charge in [0.25, 0.3) is 0 Å². The Bertz CT molecular complexity index is 662. The van der Waals surface area contributed by atoms with Crippen molar-refractivity contribution < 1.29 is 18.1 Å². The van der Waals surface area contributed by atoms with Gasteiger partial charge in [-0.25, -0.2) is 9.67 Å². The average Bonchev–Trinajstić information content (AvgIpc) is 2.64. The molecule has 6 nitrogen and oxygen atoms in total. The summed E-state index contributed by atoms with van der Waals surface area (Å²) in [5, 5.41) is 14.8. The number of rotatable bonds is 2. The molecule has 0 bridgehead atoms. The van der Waals surface area contributed by atoms with Gasteiger partial charge in [0.2, 0.25) is 0 Å². The van der Waals surface area contributed by atoms with Crippen LogP contribution in [0.4, 0.5) is 18.9 Å². The fourth-order valence-corrected chi connectivity index (χ4v) is 1.80. The lowest BCUT2D eigenvalue weighted by Gasteiger charge is -2.07. The first kappa shape index (κ1) is 14.0. The van der Waals surface area contributed by atoms with Crippen LogP contribution in [0.5, 0.6) is 0 Å². The maximum absolute atomic E-state index is 12.4. The van der Waals surface area contributed by atoms with Gasteiger partial charge in [0.1, 0.15) is 11.4 Å². The first-order valence-corrected chi connectivity index (χ1v) is 5.46. The number of alkyl halides is 3. The predicted octanol–water partition coefficient (Wildman–Crippen LogP) is 2.81. The summed E-state index contributed by atoms with van der Waals surface area (Å²) < 4.78 is 38.4. The third-order valence-electron chi connectivity index (χ3n) is 2.73.